The van der Waals surface area contributed by atoms with Gasteiger partial charge in [-0.25, -0.2) is 19.9 Å². The third kappa shape index (κ3) is 7.78. The van der Waals surface area contributed by atoms with E-state index >= 15 is 0 Å². The molecular formula is C60H64N4O6. The maximum Gasteiger partial charge on any atom is 0.231 e. The summed E-state index contributed by atoms with van der Waals surface area (Å²) in [7, 11) is 0. The van der Waals surface area contributed by atoms with E-state index in [0.717, 1.165) is 171 Å². The lowest BCUT2D eigenvalue weighted by molar-refractivity contribution is 0.485. The Morgan fingerprint density at radius 2 is 0.586 bits per heavy atom. The summed E-state index contributed by atoms with van der Waals surface area (Å²) < 4.78 is 27.8. The first-order chi connectivity index (χ1) is 34.2. The molecule has 11 aromatic rings. The Morgan fingerprint density at radius 3 is 0.829 bits per heavy atom. The highest BCUT2D eigenvalue weighted by atomic mass is 16.4. The van der Waals surface area contributed by atoms with Gasteiger partial charge >= 0.3 is 0 Å². The second kappa shape index (κ2) is 18.9. The molecule has 360 valence electrons. The maximum atomic E-state index is 12.7. The highest BCUT2D eigenvalue weighted by Crippen LogP contribution is 2.44. The van der Waals surface area contributed by atoms with Crippen LogP contribution in [0.4, 0.5) is 0 Å². The van der Waals surface area contributed by atoms with E-state index in [0.29, 0.717) is 88.8 Å². The van der Waals surface area contributed by atoms with Gasteiger partial charge in [0.1, 0.15) is 33.6 Å². The van der Waals surface area contributed by atoms with Crippen LogP contribution in [0.2, 0.25) is 0 Å². The summed E-state index contributed by atoms with van der Waals surface area (Å²) in [6, 6.07) is 17.0. The van der Waals surface area contributed by atoms with Gasteiger partial charge in [-0.1, -0.05) is 80.1 Å². The molecule has 0 saturated carbocycles. The number of hydrogen-bond acceptors (Lipinski definition) is 10. The van der Waals surface area contributed by atoms with E-state index in [1.807, 2.05) is 24.3 Å². The van der Waals surface area contributed by atoms with E-state index in [-0.39, 0.29) is 11.5 Å². The normalized spacial score (nSPS) is 12.4. The summed E-state index contributed by atoms with van der Waals surface area (Å²) in [5.74, 6) is -0.0169. The molecule has 0 fully saturated rings. The smallest absolute Gasteiger partial charge is 0.231 e. The third-order valence-corrected chi connectivity index (χ3v) is 14.6. The van der Waals surface area contributed by atoms with Crippen LogP contribution in [0.3, 0.4) is 0 Å². The SMILES string of the molecule is CCCCc1cc2c(O)c(c1)c1nc3c(o1)c(CCCC)cc1cc(CCCC)c4oc(nc4c13)c1cc(CCCC)cc(c1O)c1nc3c(o1)c(CCCC)cc1cc(CCCC)c4oc2nc4c13. The number of aryl methyl sites for hydroxylation is 6. The van der Waals surface area contributed by atoms with E-state index in [2.05, 4.69) is 65.8 Å². The minimum atomic E-state index is -0.00845. The fourth-order valence-corrected chi connectivity index (χ4v) is 10.7. The van der Waals surface area contributed by atoms with Crippen molar-refractivity contribution >= 4 is 110 Å². The van der Waals surface area contributed by atoms with Gasteiger partial charge in [0.25, 0.3) is 0 Å². The van der Waals surface area contributed by atoms with Crippen molar-refractivity contribution in [2.45, 2.75) is 157 Å². The zero-order valence-corrected chi connectivity index (χ0v) is 41.7. The lowest BCUT2D eigenvalue weighted by Gasteiger charge is -2.08. The highest BCUT2D eigenvalue weighted by molar-refractivity contribution is 6.20. The zero-order chi connectivity index (χ0) is 48.2. The van der Waals surface area contributed by atoms with Crippen LogP contribution >= 0.6 is 0 Å². The number of unbranched alkanes of at least 4 members (excludes halogenated alkanes) is 6. The first-order valence-corrected chi connectivity index (χ1v) is 26.4. The van der Waals surface area contributed by atoms with Gasteiger partial charge in [-0.15, -0.1) is 0 Å². The van der Waals surface area contributed by atoms with Crippen LogP contribution in [0.25, 0.3) is 110 Å². The van der Waals surface area contributed by atoms with Gasteiger partial charge in [0.15, 0.2) is 22.3 Å². The predicted octanol–water partition coefficient (Wildman–Crippen LogP) is 17.2. The van der Waals surface area contributed by atoms with E-state index in [9.17, 15) is 10.2 Å². The van der Waals surface area contributed by atoms with Gasteiger partial charge in [0.2, 0.25) is 22.9 Å². The molecule has 0 atom stereocenters. The number of aromatic nitrogens is 4. The Morgan fingerprint density at radius 1 is 0.343 bits per heavy atom. The second-order valence-corrected chi connectivity index (χ2v) is 19.8. The molecule has 0 unspecified atom stereocenters. The molecular weight excluding hydrogens is 873 g/mol. The Bertz CT molecular complexity index is 3370. The molecule has 0 aliphatic heterocycles. The van der Waals surface area contributed by atoms with Gasteiger partial charge in [-0.05, 0) is 170 Å². The van der Waals surface area contributed by atoms with Crippen LogP contribution in [-0.4, -0.2) is 30.1 Å². The van der Waals surface area contributed by atoms with Crippen molar-refractivity contribution in [2.24, 2.45) is 0 Å². The Balaban J connectivity index is 1.39. The highest BCUT2D eigenvalue weighted by Gasteiger charge is 2.25. The molecule has 12 bridgehead atoms. The first-order valence-electron chi connectivity index (χ1n) is 26.4. The molecule has 70 heavy (non-hydrogen) atoms. The number of hydrogen-bond donors (Lipinski definition) is 2. The Labute approximate surface area is 407 Å². The Hall–Kier alpha value is -6.68. The summed E-state index contributed by atoms with van der Waals surface area (Å²) in [4.78, 5) is 21.4. The minimum Gasteiger partial charge on any atom is -0.506 e. The largest absolute Gasteiger partial charge is 0.506 e. The molecule has 0 spiro atoms. The quantitative estimate of drug-likeness (QED) is 0.0853. The number of nitrogens with zero attached hydrogens (tertiary/aromatic N) is 4. The summed E-state index contributed by atoms with van der Waals surface area (Å²) in [5.41, 5.74) is 12.8. The van der Waals surface area contributed by atoms with Gasteiger partial charge in [-0.2, -0.15) is 0 Å². The fourth-order valence-electron chi connectivity index (χ4n) is 10.7. The van der Waals surface area contributed by atoms with E-state index in [1.54, 1.807) is 0 Å². The third-order valence-electron chi connectivity index (χ3n) is 14.6. The molecule has 0 amide bonds. The van der Waals surface area contributed by atoms with Gasteiger partial charge in [0.05, 0.1) is 21.5 Å². The van der Waals surface area contributed by atoms with Gasteiger partial charge < -0.3 is 27.9 Å². The standard InChI is InChI=1S/C60H64N4O6/c1-7-13-19-33-25-41-51(65)42(26-33)58-62-48-46-40(30-36(22-16-10-4)54(48)68-58)32-38(24-18-12-6)56-50(46)64-60(70-56)44-28-34(20-14-8-2)27-43(52(44)66)59-63-49-45-39(31-37(23-17-11-5)55(49)69-59)29-35(21-15-9-3)53-47(45)61-57(41)67-53/h25-32,65-66H,7-24H2,1-6H3. The molecule has 2 N–H and O–H groups in total. The van der Waals surface area contributed by atoms with Crippen LogP contribution in [0.5, 0.6) is 11.5 Å². The van der Waals surface area contributed by atoms with Gasteiger partial charge in [0, 0.05) is 10.8 Å². The fraction of sp³-hybridized carbons (Fsp3) is 0.400. The monoisotopic (exact) mass is 936 g/mol. The molecule has 0 aliphatic carbocycles. The summed E-state index contributed by atoms with van der Waals surface area (Å²) in [6.07, 6.45) is 16.6. The van der Waals surface area contributed by atoms with Crippen LogP contribution in [0, 0.1) is 0 Å². The maximum absolute atomic E-state index is 12.7. The average Bonchev–Trinajstić information content (AvgIpc) is 4.20. The molecule has 0 aliphatic rings. The van der Waals surface area contributed by atoms with Crippen molar-refractivity contribution < 1.29 is 27.9 Å². The molecule has 10 heteroatoms. The Kier molecular flexibility index (Phi) is 12.4. The van der Waals surface area contributed by atoms with Crippen molar-refractivity contribution in [1.82, 2.24) is 19.9 Å². The lowest BCUT2D eigenvalue weighted by Crippen LogP contribution is -1.92. The average molecular weight is 937 g/mol. The molecule has 0 radical (unpaired) electrons. The summed E-state index contributed by atoms with van der Waals surface area (Å²) in [6.45, 7) is 13.2. The van der Waals surface area contributed by atoms with Crippen molar-refractivity contribution in [2.75, 3.05) is 0 Å². The number of benzene rings is 6. The van der Waals surface area contributed by atoms with Crippen LogP contribution in [-0.2, 0) is 38.5 Å². The second-order valence-electron chi connectivity index (χ2n) is 19.8. The zero-order valence-electron chi connectivity index (χ0n) is 41.7. The van der Waals surface area contributed by atoms with Crippen LogP contribution in [0.1, 0.15) is 152 Å². The molecule has 6 aromatic carbocycles. The number of rotatable bonds is 18. The van der Waals surface area contributed by atoms with Crippen molar-refractivity contribution in [3.63, 3.8) is 0 Å². The molecule has 0 saturated heterocycles. The minimum absolute atomic E-state index is 0.00845. The van der Waals surface area contributed by atoms with Crippen molar-refractivity contribution in [3.8, 4) is 11.5 Å². The molecule has 10 nitrogen and oxygen atoms in total. The lowest BCUT2D eigenvalue weighted by atomic mass is 9.97. The first kappa shape index (κ1) is 45.7. The van der Waals surface area contributed by atoms with Crippen LogP contribution in [0.15, 0.2) is 66.2 Å². The summed E-state index contributed by atoms with van der Waals surface area (Å²) >= 11 is 0. The van der Waals surface area contributed by atoms with Crippen LogP contribution < -0.4 is 0 Å². The van der Waals surface area contributed by atoms with Gasteiger partial charge in [-0.3, -0.25) is 0 Å². The number of aromatic hydroxyl groups is 2. The number of oxazole rings is 4. The van der Waals surface area contributed by atoms with E-state index < -0.39 is 0 Å². The van der Waals surface area contributed by atoms with E-state index in [4.69, 9.17) is 37.6 Å². The molecule has 11 rings (SSSR count). The van der Waals surface area contributed by atoms with Crippen molar-refractivity contribution in [3.05, 3.63) is 81.9 Å². The van der Waals surface area contributed by atoms with E-state index in [1.165, 1.54) is 0 Å². The predicted molar refractivity (Wildman–Crippen MR) is 286 cm³/mol. The number of phenols is 2. The summed E-state index contributed by atoms with van der Waals surface area (Å²) in [5, 5.41) is 30.9. The number of fused-ring (bicyclic) bond motifs is 12. The topological polar surface area (TPSA) is 145 Å². The molecule has 5 aromatic heterocycles. The van der Waals surface area contributed by atoms with Crippen molar-refractivity contribution in [1.29, 1.82) is 0 Å². The number of phenolic OH excluding ortho intramolecular Hbond substituents is 2. The molecule has 5 heterocycles.